The maximum absolute atomic E-state index is 11.8. The molecule has 0 bridgehead atoms. The summed E-state index contributed by atoms with van der Waals surface area (Å²) in [6.07, 6.45) is 2.56. The van der Waals surface area contributed by atoms with E-state index >= 15 is 0 Å². The summed E-state index contributed by atoms with van der Waals surface area (Å²) in [5.74, 6) is -0.0920. The number of carbonyl (C=O) groups excluding carboxylic acids is 1. The van der Waals surface area contributed by atoms with Crippen molar-refractivity contribution in [3.63, 3.8) is 0 Å². The van der Waals surface area contributed by atoms with Gasteiger partial charge in [-0.2, -0.15) is 5.10 Å². The Labute approximate surface area is 104 Å². The number of halogens is 1. The van der Waals surface area contributed by atoms with E-state index in [9.17, 15) is 4.79 Å². The molecule has 5 nitrogen and oxygen atoms in total. The fourth-order valence-electron chi connectivity index (χ4n) is 1.35. The Balaban J connectivity index is 2.41. The summed E-state index contributed by atoms with van der Waals surface area (Å²) >= 11 is 3.30. The first-order valence-corrected chi connectivity index (χ1v) is 5.92. The van der Waals surface area contributed by atoms with Gasteiger partial charge in [-0.3, -0.25) is 9.48 Å². The van der Waals surface area contributed by atoms with Gasteiger partial charge in [-0.1, -0.05) is 0 Å². The van der Waals surface area contributed by atoms with E-state index in [-0.39, 0.29) is 5.91 Å². The van der Waals surface area contributed by atoms with E-state index in [1.165, 1.54) is 0 Å². The van der Waals surface area contributed by atoms with Crippen LogP contribution in [0.3, 0.4) is 0 Å². The van der Waals surface area contributed by atoms with Crippen LogP contribution in [0.1, 0.15) is 16.9 Å². The summed E-state index contributed by atoms with van der Waals surface area (Å²) in [5, 5.41) is 6.86. The van der Waals surface area contributed by atoms with Gasteiger partial charge in [0, 0.05) is 13.6 Å². The number of aromatic nitrogens is 2. The number of nitrogens with zero attached hydrogens (tertiary/aromatic N) is 3. The Hall–Kier alpha value is -0.880. The highest BCUT2D eigenvalue weighted by Gasteiger charge is 2.14. The molecule has 0 aliphatic heterocycles. The van der Waals surface area contributed by atoms with Gasteiger partial charge in [-0.15, -0.1) is 0 Å². The first kappa shape index (κ1) is 13.2. The van der Waals surface area contributed by atoms with Crippen LogP contribution in [0.5, 0.6) is 0 Å². The minimum absolute atomic E-state index is 0.0920. The standard InChI is InChI=1S/C10H17BrN4O/c1-14(2)6-4-5-12-10(16)9-8(11)7-13-15(9)3/h7H,4-6H2,1-3H3,(H,12,16). The monoisotopic (exact) mass is 288 g/mol. The molecule has 1 aromatic rings. The van der Waals surface area contributed by atoms with Gasteiger partial charge in [0.2, 0.25) is 0 Å². The highest BCUT2D eigenvalue weighted by Crippen LogP contribution is 2.14. The van der Waals surface area contributed by atoms with Crippen molar-refractivity contribution in [3.8, 4) is 0 Å². The molecule has 0 saturated carbocycles. The summed E-state index contributed by atoms with van der Waals surface area (Å²) in [4.78, 5) is 13.9. The Morgan fingerprint density at radius 3 is 2.81 bits per heavy atom. The summed E-state index contributed by atoms with van der Waals surface area (Å²) in [7, 11) is 5.78. The lowest BCUT2D eigenvalue weighted by Crippen LogP contribution is -2.28. The van der Waals surface area contributed by atoms with Gasteiger partial charge in [-0.05, 0) is 43.0 Å². The minimum atomic E-state index is -0.0920. The number of rotatable bonds is 5. The zero-order chi connectivity index (χ0) is 12.1. The van der Waals surface area contributed by atoms with Gasteiger partial charge < -0.3 is 10.2 Å². The fourth-order valence-corrected chi connectivity index (χ4v) is 1.88. The highest BCUT2D eigenvalue weighted by molar-refractivity contribution is 9.10. The van der Waals surface area contributed by atoms with Crippen molar-refractivity contribution in [1.82, 2.24) is 20.0 Å². The molecule has 0 unspecified atom stereocenters. The molecule has 0 atom stereocenters. The molecule has 6 heteroatoms. The third kappa shape index (κ3) is 3.61. The van der Waals surface area contributed by atoms with Crippen molar-refractivity contribution < 1.29 is 4.79 Å². The third-order valence-electron chi connectivity index (χ3n) is 2.18. The molecule has 0 spiro atoms. The number of hydrogen-bond acceptors (Lipinski definition) is 3. The van der Waals surface area contributed by atoms with Crippen LogP contribution in [0.25, 0.3) is 0 Å². The van der Waals surface area contributed by atoms with Crippen LogP contribution >= 0.6 is 15.9 Å². The zero-order valence-electron chi connectivity index (χ0n) is 9.83. The predicted octanol–water partition coefficient (Wildman–Crippen LogP) is 0.864. The first-order valence-electron chi connectivity index (χ1n) is 5.13. The molecule has 1 heterocycles. The van der Waals surface area contributed by atoms with Crippen molar-refractivity contribution in [1.29, 1.82) is 0 Å². The Kier molecular flexibility index (Phi) is 4.95. The maximum atomic E-state index is 11.8. The smallest absolute Gasteiger partial charge is 0.270 e. The van der Waals surface area contributed by atoms with Gasteiger partial charge in [0.15, 0.2) is 0 Å². The Morgan fingerprint density at radius 1 is 1.62 bits per heavy atom. The summed E-state index contributed by atoms with van der Waals surface area (Å²) in [6, 6.07) is 0. The number of carbonyl (C=O) groups is 1. The molecular weight excluding hydrogens is 272 g/mol. The quantitative estimate of drug-likeness (QED) is 0.818. The van der Waals surface area contributed by atoms with E-state index in [1.54, 1.807) is 17.9 Å². The van der Waals surface area contributed by atoms with Crippen LogP contribution in [-0.4, -0.2) is 47.8 Å². The highest BCUT2D eigenvalue weighted by atomic mass is 79.9. The normalized spacial score (nSPS) is 10.8. The fraction of sp³-hybridized carbons (Fsp3) is 0.600. The zero-order valence-corrected chi connectivity index (χ0v) is 11.4. The van der Waals surface area contributed by atoms with Gasteiger partial charge >= 0.3 is 0 Å². The molecule has 0 radical (unpaired) electrons. The molecule has 1 rings (SSSR count). The van der Waals surface area contributed by atoms with Gasteiger partial charge in [0.05, 0.1) is 10.7 Å². The molecule has 1 aromatic heterocycles. The summed E-state index contributed by atoms with van der Waals surface area (Å²) in [5.41, 5.74) is 0.560. The average molecular weight is 289 g/mol. The lowest BCUT2D eigenvalue weighted by atomic mass is 10.3. The van der Waals surface area contributed by atoms with Crippen LogP contribution in [0.4, 0.5) is 0 Å². The van der Waals surface area contributed by atoms with E-state index in [1.807, 2.05) is 14.1 Å². The van der Waals surface area contributed by atoms with Crippen LogP contribution in [0.15, 0.2) is 10.7 Å². The van der Waals surface area contributed by atoms with E-state index in [0.717, 1.165) is 17.4 Å². The molecule has 90 valence electrons. The number of nitrogens with one attached hydrogen (secondary N) is 1. The topological polar surface area (TPSA) is 50.2 Å². The molecule has 0 fully saturated rings. The van der Waals surface area contributed by atoms with Crippen LogP contribution in [0.2, 0.25) is 0 Å². The second-order valence-corrected chi connectivity index (χ2v) is 4.73. The first-order chi connectivity index (χ1) is 7.52. The SMILES string of the molecule is CN(C)CCCNC(=O)c1c(Br)cnn1C. The van der Waals surface area contributed by atoms with Crippen molar-refractivity contribution in [2.45, 2.75) is 6.42 Å². The molecule has 0 aliphatic carbocycles. The second kappa shape index (κ2) is 6.00. The van der Waals surface area contributed by atoms with Crippen molar-refractivity contribution in [2.24, 2.45) is 7.05 Å². The number of aryl methyl sites for hydroxylation is 1. The molecule has 0 aromatic carbocycles. The van der Waals surface area contributed by atoms with Crippen molar-refractivity contribution in [2.75, 3.05) is 27.2 Å². The van der Waals surface area contributed by atoms with E-state index in [2.05, 4.69) is 31.2 Å². The third-order valence-corrected chi connectivity index (χ3v) is 2.76. The summed E-state index contributed by atoms with van der Waals surface area (Å²) < 4.78 is 2.28. The van der Waals surface area contributed by atoms with Gasteiger partial charge in [0.1, 0.15) is 5.69 Å². The minimum Gasteiger partial charge on any atom is -0.351 e. The van der Waals surface area contributed by atoms with Crippen molar-refractivity contribution >= 4 is 21.8 Å². The Morgan fingerprint density at radius 2 is 2.31 bits per heavy atom. The van der Waals surface area contributed by atoms with E-state index in [0.29, 0.717) is 12.2 Å². The molecule has 16 heavy (non-hydrogen) atoms. The van der Waals surface area contributed by atoms with E-state index < -0.39 is 0 Å². The number of amides is 1. The van der Waals surface area contributed by atoms with Crippen LogP contribution in [0, 0.1) is 0 Å². The maximum Gasteiger partial charge on any atom is 0.270 e. The predicted molar refractivity (Wildman–Crippen MR) is 66.4 cm³/mol. The lowest BCUT2D eigenvalue weighted by Gasteiger charge is -2.10. The second-order valence-electron chi connectivity index (χ2n) is 3.88. The van der Waals surface area contributed by atoms with Crippen LogP contribution < -0.4 is 5.32 Å². The molecule has 0 aliphatic rings. The number of hydrogen-bond donors (Lipinski definition) is 1. The summed E-state index contributed by atoms with van der Waals surface area (Å²) in [6.45, 7) is 1.64. The molecular formula is C10H17BrN4O. The van der Waals surface area contributed by atoms with Gasteiger partial charge in [-0.25, -0.2) is 0 Å². The lowest BCUT2D eigenvalue weighted by molar-refractivity contribution is 0.0942. The van der Waals surface area contributed by atoms with Gasteiger partial charge in [0.25, 0.3) is 5.91 Å². The Bertz CT molecular complexity index is 342. The molecule has 0 saturated heterocycles. The van der Waals surface area contributed by atoms with E-state index in [4.69, 9.17) is 0 Å². The molecule has 1 N–H and O–H groups in total. The average Bonchev–Trinajstić information content (AvgIpc) is 2.53. The largest absolute Gasteiger partial charge is 0.351 e. The van der Waals surface area contributed by atoms with Crippen LogP contribution in [-0.2, 0) is 7.05 Å². The van der Waals surface area contributed by atoms with Crippen molar-refractivity contribution in [3.05, 3.63) is 16.4 Å². The molecule has 1 amide bonds.